The lowest BCUT2D eigenvalue weighted by Crippen LogP contribution is -2.41. The van der Waals surface area contributed by atoms with E-state index in [0.717, 1.165) is 44.1 Å². The smallest absolute Gasteiger partial charge is 0.410 e. The Morgan fingerprint density at radius 1 is 1.05 bits per heavy atom. The number of hydrogen-bond donors (Lipinski definition) is 2. The van der Waals surface area contributed by atoms with Gasteiger partial charge >= 0.3 is 6.09 Å². The lowest BCUT2D eigenvalue weighted by Gasteiger charge is -2.29. The molecule has 2 aliphatic rings. The molecule has 2 aromatic carbocycles. The molecule has 0 bridgehead atoms. The first-order valence-corrected chi connectivity index (χ1v) is 18.3. The number of likely N-dealkylation sites (tertiary alicyclic amines) is 1. The maximum Gasteiger partial charge on any atom is 0.410 e. The van der Waals surface area contributed by atoms with Gasteiger partial charge in [-0.15, -0.1) is 17.9 Å². The molecule has 8 nitrogen and oxygen atoms in total. The number of hydrazine groups is 1. The molecule has 3 aromatic rings. The SMILES string of the molecule is CC(C)(C)OC(=O)N1CCC(=O)CC1.CN(N)c1ccc(F)cc1.Cn1c2c(c3cc(F)ccc31)CNCC2.PPP. The fourth-order valence-electron chi connectivity index (χ4n) is 4.42. The summed E-state index contributed by atoms with van der Waals surface area (Å²) >= 11 is 0. The Balaban J connectivity index is 0.000000214. The monoisotopic (exact) mass is 641 g/mol. The molecule has 2 aliphatic heterocycles. The topological polar surface area (TPSA) is 92.8 Å². The van der Waals surface area contributed by atoms with Crippen LogP contribution in [-0.2, 0) is 29.5 Å². The van der Waals surface area contributed by atoms with Crippen molar-refractivity contribution in [1.29, 1.82) is 0 Å². The van der Waals surface area contributed by atoms with Crippen molar-refractivity contribution in [2.45, 2.75) is 52.2 Å². The van der Waals surface area contributed by atoms with E-state index < -0.39 is 5.60 Å². The summed E-state index contributed by atoms with van der Waals surface area (Å²) < 4.78 is 32.9. The van der Waals surface area contributed by atoms with Gasteiger partial charge in [0.25, 0.3) is 0 Å². The third-order valence-electron chi connectivity index (χ3n) is 6.45. The summed E-state index contributed by atoms with van der Waals surface area (Å²) in [5, 5.41) is 5.82. The molecule has 3 N–H and O–H groups in total. The zero-order valence-electron chi connectivity index (χ0n) is 25.0. The molecule has 1 amide bonds. The third-order valence-corrected chi connectivity index (χ3v) is 6.45. The molecule has 0 saturated carbocycles. The molecule has 1 fully saturated rings. The van der Waals surface area contributed by atoms with Gasteiger partial charge in [-0.3, -0.25) is 4.79 Å². The van der Waals surface area contributed by atoms with Crippen molar-refractivity contribution in [1.82, 2.24) is 14.8 Å². The number of aryl methyl sites for hydroxylation is 1. The molecule has 5 rings (SSSR count). The van der Waals surface area contributed by atoms with Gasteiger partial charge < -0.3 is 24.5 Å². The van der Waals surface area contributed by atoms with Crippen LogP contribution in [0.1, 0.15) is 44.9 Å². The fraction of sp³-hybridized carbons (Fsp3) is 0.448. The first kappa shape index (κ1) is 36.0. The van der Waals surface area contributed by atoms with Crippen LogP contribution in [-0.4, -0.2) is 53.6 Å². The summed E-state index contributed by atoms with van der Waals surface area (Å²) in [6.45, 7) is 8.36. The highest BCUT2D eigenvalue weighted by Crippen LogP contribution is 2.28. The van der Waals surface area contributed by atoms with E-state index in [9.17, 15) is 18.4 Å². The molecule has 0 aliphatic carbocycles. The molecule has 2 atom stereocenters. The van der Waals surface area contributed by atoms with Gasteiger partial charge in [-0.2, -0.15) is 0 Å². The van der Waals surface area contributed by atoms with Crippen LogP contribution in [0.4, 0.5) is 19.3 Å². The first-order chi connectivity index (χ1) is 19.8. The number of Topliss-reactive ketones (excluding diaryl/α,β-unsaturated/α-hetero) is 1. The van der Waals surface area contributed by atoms with E-state index >= 15 is 0 Å². The van der Waals surface area contributed by atoms with Crippen molar-refractivity contribution in [2.75, 3.05) is 31.7 Å². The Morgan fingerprint density at radius 2 is 1.62 bits per heavy atom. The minimum absolute atomic E-state index is 0.151. The standard InChI is InChI=1S/C12H13FN2.C10H17NO3.C7H9FN2.H5P3/c1-15-11-3-2-8(13)6-9(11)10-7-14-5-4-12(10)15;1-10(2,3)14-9(13)11-6-4-8(12)5-7-11;1-10(9)7-4-2-6(8)3-5-7;1-3-2/h2-3,6,14H,4-5,7H2,1H3;4-7H2,1-3H3;2-5H,9H2,1H3;3H,1-2H2. The summed E-state index contributed by atoms with van der Waals surface area (Å²) in [5.41, 5.74) is 4.07. The number of piperidine rings is 1. The zero-order valence-corrected chi connectivity index (χ0v) is 28.4. The number of benzene rings is 2. The highest BCUT2D eigenvalue weighted by molar-refractivity contribution is 8.33. The summed E-state index contributed by atoms with van der Waals surface area (Å²) in [5.74, 6) is 5.21. The van der Waals surface area contributed by atoms with E-state index in [0.29, 0.717) is 25.9 Å². The number of hydrogen-bond acceptors (Lipinski definition) is 6. The number of fused-ring (bicyclic) bond motifs is 3. The molecule has 13 heteroatoms. The van der Waals surface area contributed by atoms with Crippen LogP contribution in [0.2, 0.25) is 0 Å². The summed E-state index contributed by atoms with van der Waals surface area (Å²) in [4.78, 5) is 24.0. The molecule has 232 valence electrons. The number of ether oxygens (including phenoxy) is 1. The highest BCUT2D eigenvalue weighted by atomic mass is 32.4. The minimum atomic E-state index is -0.460. The lowest BCUT2D eigenvalue weighted by molar-refractivity contribution is -0.121. The van der Waals surface area contributed by atoms with E-state index in [1.54, 1.807) is 30.1 Å². The number of ketones is 1. The number of carbonyl (C=O) groups is 2. The van der Waals surface area contributed by atoms with Gasteiger partial charge in [0.2, 0.25) is 0 Å². The van der Waals surface area contributed by atoms with Crippen LogP contribution in [0, 0.1) is 11.6 Å². The van der Waals surface area contributed by atoms with Gasteiger partial charge in [-0.1, -0.05) is 7.96 Å². The van der Waals surface area contributed by atoms with E-state index in [1.165, 1.54) is 34.5 Å². The minimum Gasteiger partial charge on any atom is -0.444 e. The van der Waals surface area contributed by atoms with Crippen LogP contribution in [0.25, 0.3) is 10.9 Å². The third kappa shape index (κ3) is 11.5. The number of aromatic nitrogens is 1. The highest BCUT2D eigenvalue weighted by Gasteiger charge is 2.25. The van der Waals surface area contributed by atoms with E-state index in [2.05, 4.69) is 34.8 Å². The Bertz CT molecular complexity index is 1300. The number of carbonyl (C=O) groups excluding carboxylic acids is 2. The molecular weight excluding hydrogens is 597 g/mol. The average molecular weight is 642 g/mol. The number of amides is 1. The number of nitrogens with zero attached hydrogens (tertiary/aromatic N) is 3. The van der Waals surface area contributed by atoms with Gasteiger partial charge in [0.1, 0.15) is 23.0 Å². The second-order valence-electron chi connectivity index (χ2n) is 10.8. The molecule has 1 aromatic heterocycles. The first-order valence-electron chi connectivity index (χ1n) is 13.6. The normalized spacial score (nSPS) is 14.3. The van der Waals surface area contributed by atoms with Gasteiger partial charge in [-0.25, -0.2) is 19.4 Å². The zero-order chi connectivity index (χ0) is 31.4. The average Bonchev–Trinajstić information content (AvgIpc) is 3.21. The Morgan fingerprint density at radius 3 is 2.17 bits per heavy atom. The molecular formula is C29H44F2N5O3P3. The van der Waals surface area contributed by atoms with E-state index in [1.807, 2.05) is 26.8 Å². The van der Waals surface area contributed by atoms with Crippen molar-refractivity contribution >= 4 is 54.3 Å². The summed E-state index contributed by atoms with van der Waals surface area (Å²) in [7, 11) is 9.82. The van der Waals surface area contributed by atoms with Gasteiger partial charge in [0, 0.05) is 76.1 Å². The van der Waals surface area contributed by atoms with Crippen molar-refractivity contribution in [3.8, 4) is 0 Å². The molecule has 1 saturated heterocycles. The largest absolute Gasteiger partial charge is 0.444 e. The van der Waals surface area contributed by atoms with E-state index in [-0.39, 0.29) is 23.5 Å². The van der Waals surface area contributed by atoms with Gasteiger partial charge in [0.05, 0.1) is 5.69 Å². The van der Waals surface area contributed by atoms with Crippen molar-refractivity contribution in [3.63, 3.8) is 0 Å². The lowest BCUT2D eigenvalue weighted by atomic mass is 10.1. The molecule has 2 unspecified atom stereocenters. The second kappa shape index (κ2) is 17.2. The summed E-state index contributed by atoms with van der Waals surface area (Å²) in [6.07, 6.45) is 1.63. The van der Waals surface area contributed by atoms with Crippen LogP contribution >= 0.6 is 25.8 Å². The maximum absolute atomic E-state index is 13.2. The number of anilines is 1. The predicted octanol–water partition coefficient (Wildman–Crippen LogP) is 5.93. The predicted molar refractivity (Wildman–Crippen MR) is 177 cm³/mol. The van der Waals surface area contributed by atoms with Crippen LogP contribution in [0.15, 0.2) is 42.5 Å². The van der Waals surface area contributed by atoms with E-state index in [4.69, 9.17) is 10.6 Å². The number of halogens is 2. The molecule has 42 heavy (non-hydrogen) atoms. The Labute approximate surface area is 254 Å². The second-order valence-corrected chi connectivity index (χ2v) is 15.2. The van der Waals surface area contributed by atoms with Crippen molar-refractivity contribution in [2.24, 2.45) is 12.9 Å². The maximum atomic E-state index is 13.2. The van der Waals surface area contributed by atoms with Crippen LogP contribution in [0.3, 0.4) is 0 Å². The van der Waals surface area contributed by atoms with Crippen LogP contribution in [0.5, 0.6) is 0 Å². The molecule has 3 heterocycles. The number of nitrogens with two attached hydrogens (primary N) is 1. The fourth-order valence-corrected chi connectivity index (χ4v) is 4.42. The summed E-state index contributed by atoms with van der Waals surface area (Å²) in [6, 6.07) is 11.0. The Kier molecular flexibility index (Phi) is 14.7. The number of nitrogens with one attached hydrogen (secondary N) is 1. The molecule has 0 spiro atoms. The molecule has 0 radical (unpaired) electrons. The van der Waals surface area contributed by atoms with Gasteiger partial charge in [0.15, 0.2) is 0 Å². The quantitative estimate of drug-likeness (QED) is 0.195. The van der Waals surface area contributed by atoms with Gasteiger partial charge in [-0.05, 0) is 68.8 Å². The Hall–Kier alpha value is -2.21. The number of rotatable bonds is 1. The van der Waals surface area contributed by atoms with Crippen LogP contribution < -0.4 is 16.2 Å². The van der Waals surface area contributed by atoms with Crippen molar-refractivity contribution in [3.05, 3.63) is 65.4 Å². The van der Waals surface area contributed by atoms with Crippen molar-refractivity contribution < 1.29 is 23.1 Å².